The highest BCUT2D eigenvalue weighted by molar-refractivity contribution is 5.72. The van der Waals surface area contributed by atoms with Crippen molar-refractivity contribution in [3.8, 4) is 11.5 Å². The van der Waals surface area contributed by atoms with Crippen LogP contribution in [0.2, 0.25) is 0 Å². The average Bonchev–Trinajstić information content (AvgIpc) is 2.53. The van der Waals surface area contributed by atoms with Crippen LogP contribution in [0.4, 0.5) is 0 Å². The van der Waals surface area contributed by atoms with Gasteiger partial charge >= 0.3 is 5.97 Å². The molecule has 0 aliphatic carbocycles. The van der Waals surface area contributed by atoms with Crippen molar-refractivity contribution in [3.05, 3.63) is 60.2 Å². The Hall–Kier alpha value is -2.33. The predicted octanol–water partition coefficient (Wildman–Crippen LogP) is 4.15. The Morgan fingerprint density at radius 2 is 1.61 bits per heavy atom. The second kappa shape index (κ2) is 8.34. The van der Waals surface area contributed by atoms with Gasteiger partial charge in [-0.2, -0.15) is 0 Å². The van der Waals surface area contributed by atoms with E-state index in [1.807, 2.05) is 68.4 Å². The highest BCUT2D eigenvalue weighted by atomic mass is 16.5. The second-order valence-electron chi connectivity index (χ2n) is 5.82. The molecular weight excluding hydrogens is 292 g/mol. The minimum Gasteiger partial charge on any atom is -0.479 e. The van der Waals surface area contributed by atoms with E-state index < -0.39 is 12.1 Å². The summed E-state index contributed by atoms with van der Waals surface area (Å²) in [4.78, 5) is 11.3. The van der Waals surface area contributed by atoms with E-state index in [4.69, 9.17) is 9.47 Å². The molecule has 1 atom stereocenters. The normalized spacial score (nSPS) is 12.1. The average molecular weight is 314 g/mol. The van der Waals surface area contributed by atoms with Gasteiger partial charge in [0.05, 0.1) is 6.61 Å². The zero-order chi connectivity index (χ0) is 16.7. The first kappa shape index (κ1) is 17.0. The van der Waals surface area contributed by atoms with Crippen molar-refractivity contribution in [2.24, 2.45) is 5.92 Å². The van der Waals surface area contributed by atoms with Crippen LogP contribution in [0.15, 0.2) is 54.6 Å². The van der Waals surface area contributed by atoms with E-state index in [9.17, 15) is 9.90 Å². The molecule has 0 heterocycles. The van der Waals surface area contributed by atoms with Gasteiger partial charge in [0.15, 0.2) is 6.10 Å². The summed E-state index contributed by atoms with van der Waals surface area (Å²) < 4.78 is 11.2. The molecule has 23 heavy (non-hydrogen) atoms. The van der Waals surface area contributed by atoms with E-state index in [-0.39, 0.29) is 0 Å². The molecule has 0 radical (unpaired) electrons. The molecule has 122 valence electrons. The summed E-state index contributed by atoms with van der Waals surface area (Å²) in [7, 11) is 0. The fourth-order valence-electron chi connectivity index (χ4n) is 2.06. The van der Waals surface area contributed by atoms with E-state index in [0.717, 1.165) is 17.1 Å². The van der Waals surface area contributed by atoms with E-state index in [1.54, 1.807) is 0 Å². The summed E-state index contributed by atoms with van der Waals surface area (Å²) in [5.74, 6) is 0.854. The molecule has 4 heteroatoms. The maximum absolute atomic E-state index is 11.3. The van der Waals surface area contributed by atoms with Crippen molar-refractivity contribution in [3.63, 3.8) is 0 Å². The molecule has 0 aromatic heterocycles. The lowest BCUT2D eigenvalue weighted by Gasteiger charge is -2.15. The SMILES string of the molecule is CC(C)CO[C@@H](Cc1ccc(Oc2ccccc2)cc1)C(=O)O. The molecular formula is C19H22O4. The molecule has 0 unspecified atom stereocenters. The quantitative estimate of drug-likeness (QED) is 0.795. The van der Waals surface area contributed by atoms with Crippen LogP contribution in [0.1, 0.15) is 19.4 Å². The number of hydrogen-bond donors (Lipinski definition) is 1. The summed E-state index contributed by atoms with van der Waals surface area (Å²) in [6, 6.07) is 16.9. The fraction of sp³-hybridized carbons (Fsp3) is 0.316. The van der Waals surface area contributed by atoms with Gasteiger partial charge in [-0.3, -0.25) is 0 Å². The molecule has 2 rings (SSSR count). The van der Waals surface area contributed by atoms with Crippen molar-refractivity contribution in [2.45, 2.75) is 26.4 Å². The lowest BCUT2D eigenvalue weighted by molar-refractivity contribution is -0.150. The second-order valence-corrected chi connectivity index (χ2v) is 5.82. The van der Waals surface area contributed by atoms with Gasteiger partial charge in [0.1, 0.15) is 11.5 Å². The number of hydrogen-bond acceptors (Lipinski definition) is 3. The first-order chi connectivity index (χ1) is 11.0. The van der Waals surface area contributed by atoms with Gasteiger partial charge in [-0.15, -0.1) is 0 Å². The molecule has 0 saturated carbocycles. The van der Waals surface area contributed by atoms with E-state index in [0.29, 0.717) is 18.9 Å². The highest BCUT2D eigenvalue weighted by Gasteiger charge is 2.19. The fourth-order valence-corrected chi connectivity index (χ4v) is 2.06. The molecule has 0 aliphatic rings. The number of benzene rings is 2. The van der Waals surface area contributed by atoms with Gasteiger partial charge in [0, 0.05) is 6.42 Å². The number of carboxylic acid groups (broad SMARTS) is 1. The molecule has 0 spiro atoms. The first-order valence-electron chi connectivity index (χ1n) is 7.71. The van der Waals surface area contributed by atoms with Gasteiger partial charge in [0.25, 0.3) is 0 Å². The standard InChI is InChI=1S/C19H22O4/c1-14(2)13-22-18(19(20)21)12-15-8-10-17(11-9-15)23-16-6-4-3-5-7-16/h3-11,14,18H,12-13H2,1-2H3,(H,20,21)/t18-/m0/s1. The Balaban J connectivity index is 1.96. The van der Waals surface area contributed by atoms with E-state index in [1.165, 1.54) is 0 Å². The maximum Gasteiger partial charge on any atom is 0.333 e. The van der Waals surface area contributed by atoms with Gasteiger partial charge in [0.2, 0.25) is 0 Å². The predicted molar refractivity (Wildman–Crippen MR) is 88.9 cm³/mol. The number of ether oxygens (including phenoxy) is 2. The van der Waals surface area contributed by atoms with Crippen LogP contribution in [0.3, 0.4) is 0 Å². The molecule has 2 aromatic carbocycles. The molecule has 1 N–H and O–H groups in total. The smallest absolute Gasteiger partial charge is 0.333 e. The van der Waals surface area contributed by atoms with Crippen LogP contribution >= 0.6 is 0 Å². The largest absolute Gasteiger partial charge is 0.479 e. The van der Waals surface area contributed by atoms with Gasteiger partial charge in [-0.25, -0.2) is 4.79 Å². The monoisotopic (exact) mass is 314 g/mol. The van der Waals surface area contributed by atoms with E-state index in [2.05, 4.69) is 0 Å². The molecule has 0 fully saturated rings. The van der Waals surface area contributed by atoms with Crippen molar-refractivity contribution in [2.75, 3.05) is 6.61 Å². The van der Waals surface area contributed by atoms with Gasteiger partial charge in [-0.1, -0.05) is 44.2 Å². The zero-order valence-electron chi connectivity index (χ0n) is 13.4. The summed E-state index contributed by atoms with van der Waals surface area (Å²) >= 11 is 0. The van der Waals surface area contributed by atoms with Crippen molar-refractivity contribution in [1.29, 1.82) is 0 Å². The number of carboxylic acids is 1. The zero-order valence-corrected chi connectivity index (χ0v) is 13.4. The third-order valence-electron chi connectivity index (χ3n) is 3.23. The number of para-hydroxylation sites is 1. The summed E-state index contributed by atoms with van der Waals surface area (Å²) in [6.07, 6.45) is -0.480. The minimum atomic E-state index is -0.935. The molecule has 2 aromatic rings. The Labute approximate surface area is 136 Å². The van der Waals surface area contributed by atoms with Gasteiger partial charge < -0.3 is 14.6 Å². The molecule has 4 nitrogen and oxygen atoms in total. The number of rotatable bonds is 8. The lowest BCUT2D eigenvalue weighted by atomic mass is 10.1. The van der Waals surface area contributed by atoms with Crippen LogP contribution in [-0.2, 0) is 16.0 Å². The minimum absolute atomic E-state index is 0.304. The van der Waals surface area contributed by atoms with Gasteiger partial charge in [-0.05, 0) is 35.7 Å². The summed E-state index contributed by atoms with van der Waals surface area (Å²) in [6.45, 7) is 4.43. The Morgan fingerprint density at radius 1 is 1.00 bits per heavy atom. The maximum atomic E-state index is 11.3. The highest BCUT2D eigenvalue weighted by Crippen LogP contribution is 2.21. The molecule has 0 aliphatic heterocycles. The Kier molecular flexibility index (Phi) is 6.18. The van der Waals surface area contributed by atoms with Crippen molar-refractivity contribution in [1.82, 2.24) is 0 Å². The Morgan fingerprint density at radius 3 is 2.17 bits per heavy atom. The number of aliphatic carboxylic acids is 1. The Bertz CT molecular complexity index is 605. The van der Waals surface area contributed by atoms with Crippen molar-refractivity contribution < 1.29 is 19.4 Å². The van der Waals surface area contributed by atoms with Crippen LogP contribution in [0.25, 0.3) is 0 Å². The van der Waals surface area contributed by atoms with Crippen LogP contribution < -0.4 is 4.74 Å². The molecule has 0 saturated heterocycles. The summed E-state index contributed by atoms with van der Waals surface area (Å²) in [5, 5.41) is 9.25. The third kappa shape index (κ3) is 5.75. The van der Waals surface area contributed by atoms with Crippen LogP contribution in [0, 0.1) is 5.92 Å². The van der Waals surface area contributed by atoms with Crippen molar-refractivity contribution >= 4 is 5.97 Å². The lowest BCUT2D eigenvalue weighted by Crippen LogP contribution is -2.27. The topological polar surface area (TPSA) is 55.8 Å². The number of carbonyl (C=O) groups is 1. The molecule has 0 bridgehead atoms. The molecule has 0 amide bonds. The summed E-state index contributed by atoms with van der Waals surface area (Å²) in [5.41, 5.74) is 0.904. The van der Waals surface area contributed by atoms with Crippen LogP contribution in [-0.4, -0.2) is 23.8 Å². The van der Waals surface area contributed by atoms with Crippen LogP contribution in [0.5, 0.6) is 11.5 Å². The van der Waals surface area contributed by atoms with E-state index >= 15 is 0 Å². The first-order valence-corrected chi connectivity index (χ1v) is 7.71. The third-order valence-corrected chi connectivity index (χ3v) is 3.23.